The maximum Gasteiger partial charge on any atom is 0.231 e. The monoisotopic (exact) mass is 312 g/mol. The van der Waals surface area contributed by atoms with Crippen molar-refractivity contribution < 1.29 is 9.47 Å². The van der Waals surface area contributed by atoms with E-state index >= 15 is 0 Å². The standard InChI is InChI=1S/C17H20N4O2/c1-12-4-3-5-14(21-12)10-20-17(18-2)19-9-13-6-7-15-16(8-13)23-11-22-15/h3-8H,9-11H2,1-2H3,(H2,18,19,20). The first-order valence-electron chi connectivity index (χ1n) is 7.50. The Hall–Kier alpha value is -2.76. The third-order valence-electron chi connectivity index (χ3n) is 3.50. The van der Waals surface area contributed by atoms with Crippen LogP contribution in [0.25, 0.3) is 0 Å². The molecule has 3 rings (SSSR count). The summed E-state index contributed by atoms with van der Waals surface area (Å²) in [6.45, 7) is 3.55. The molecule has 1 aliphatic heterocycles. The first-order chi connectivity index (χ1) is 11.2. The van der Waals surface area contributed by atoms with Gasteiger partial charge in [-0.05, 0) is 36.8 Å². The van der Waals surface area contributed by atoms with E-state index in [2.05, 4.69) is 20.6 Å². The lowest BCUT2D eigenvalue weighted by Crippen LogP contribution is -2.36. The van der Waals surface area contributed by atoms with Crippen molar-refractivity contribution in [3.8, 4) is 11.5 Å². The van der Waals surface area contributed by atoms with Crippen molar-refractivity contribution in [2.75, 3.05) is 13.8 Å². The number of hydrogen-bond donors (Lipinski definition) is 2. The van der Waals surface area contributed by atoms with Crippen LogP contribution >= 0.6 is 0 Å². The average molecular weight is 312 g/mol. The number of pyridine rings is 1. The summed E-state index contributed by atoms with van der Waals surface area (Å²) in [5.74, 6) is 2.31. The van der Waals surface area contributed by atoms with Crippen LogP contribution in [0.5, 0.6) is 11.5 Å². The molecule has 2 N–H and O–H groups in total. The smallest absolute Gasteiger partial charge is 0.231 e. The number of hydrogen-bond acceptors (Lipinski definition) is 4. The molecular weight excluding hydrogens is 292 g/mol. The number of benzene rings is 1. The molecule has 0 atom stereocenters. The zero-order chi connectivity index (χ0) is 16.1. The van der Waals surface area contributed by atoms with Gasteiger partial charge < -0.3 is 20.1 Å². The highest BCUT2D eigenvalue weighted by Crippen LogP contribution is 2.32. The van der Waals surface area contributed by atoms with Crippen LogP contribution < -0.4 is 20.1 Å². The molecule has 1 aliphatic rings. The number of fused-ring (bicyclic) bond motifs is 1. The third-order valence-corrected chi connectivity index (χ3v) is 3.50. The van der Waals surface area contributed by atoms with E-state index in [-0.39, 0.29) is 0 Å². The molecule has 0 bridgehead atoms. The number of aliphatic imine (C=N–C) groups is 1. The van der Waals surface area contributed by atoms with Crippen LogP contribution in [0, 0.1) is 6.92 Å². The van der Waals surface area contributed by atoms with Crippen LogP contribution in [0.3, 0.4) is 0 Å². The molecule has 23 heavy (non-hydrogen) atoms. The summed E-state index contributed by atoms with van der Waals surface area (Å²) in [7, 11) is 1.75. The number of aromatic nitrogens is 1. The van der Waals surface area contributed by atoms with Gasteiger partial charge >= 0.3 is 0 Å². The molecule has 0 saturated heterocycles. The number of guanidine groups is 1. The fourth-order valence-electron chi connectivity index (χ4n) is 2.33. The maximum atomic E-state index is 5.38. The van der Waals surface area contributed by atoms with Crippen LogP contribution in [-0.4, -0.2) is 24.8 Å². The minimum absolute atomic E-state index is 0.291. The van der Waals surface area contributed by atoms with E-state index < -0.39 is 0 Å². The lowest BCUT2D eigenvalue weighted by Gasteiger charge is -2.12. The molecule has 0 radical (unpaired) electrons. The molecule has 0 amide bonds. The largest absolute Gasteiger partial charge is 0.454 e. The van der Waals surface area contributed by atoms with Crippen LogP contribution in [0.15, 0.2) is 41.4 Å². The number of nitrogens with one attached hydrogen (secondary N) is 2. The van der Waals surface area contributed by atoms with Crippen molar-refractivity contribution >= 4 is 5.96 Å². The predicted octanol–water partition coefficient (Wildman–Crippen LogP) is 1.98. The molecule has 6 nitrogen and oxygen atoms in total. The minimum Gasteiger partial charge on any atom is -0.454 e. The van der Waals surface area contributed by atoms with Crippen molar-refractivity contribution in [1.29, 1.82) is 0 Å². The number of nitrogens with zero attached hydrogens (tertiary/aromatic N) is 2. The average Bonchev–Trinajstić information content (AvgIpc) is 3.03. The van der Waals surface area contributed by atoms with Crippen molar-refractivity contribution in [2.45, 2.75) is 20.0 Å². The molecule has 0 saturated carbocycles. The van der Waals surface area contributed by atoms with E-state index in [1.165, 1.54) is 0 Å². The Morgan fingerprint density at radius 3 is 2.78 bits per heavy atom. The molecule has 2 aromatic rings. The highest BCUT2D eigenvalue weighted by Gasteiger charge is 2.13. The van der Waals surface area contributed by atoms with Crippen molar-refractivity contribution in [2.24, 2.45) is 4.99 Å². The molecular formula is C17H20N4O2. The molecule has 0 fully saturated rings. The molecule has 0 unspecified atom stereocenters. The summed E-state index contributed by atoms with van der Waals surface area (Å²) >= 11 is 0. The van der Waals surface area contributed by atoms with Gasteiger partial charge in [0, 0.05) is 19.3 Å². The van der Waals surface area contributed by atoms with Gasteiger partial charge in [0.15, 0.2) is 17.5 Å². The summed E-state index contributed by atoms with van der Waals surface area (Å²) in [5, 5.41) is 6.53. The number of rotatable bonds is 4. The van der Waals surface area contributed by atoms with Crippen molar-refractivity contribution in [1.82, 2.24) is 15.6 Å². The zero-order valence-electron chi connectivity index (χ0n) is 13.3. The predicted molar refractivity (Wildman–Crippen MR) is 88.6 cm³/mol. The first-order valence-corrected chi connectivity index (χ1v) is 7.50. The Bertz CT molecular complexity index is 715. The van der Waals surface area contributed by atoms with E-state index in [1.54, 1.807) is 7.05 Å². The van der Waals surface area contributed by atoms with E-state index in [1.807, 2.05) is 43.3 Å². The van der Waals surface area contributed by atoms with Crippen molar-refractivity contribution in [3.05, 3.63) is 53.3 Å². The summed E-state index contributed by atoms with van der Waals surface area (Å²) in [5.41, 5.74) is 3.09. The minimum atomic E-state index is 0.291. The van der Waals surface area contributed by atoms with Gasteiger partial charge in [-0.1, -0.05) is 12.1 Å². The highest BCUT2D eigenvalue weighted by atomic mass is 16.7. The molecule has 120 valence electrons. The van der Waals surface area contributed by atoms with Crippen LogP contribution in [0.2, 0.25) is 0 Å². The fraction of sp³-hybridized carbons (Fsp3) is 0.294. The van der Waals surface area contributed by atoms with E-state index in [0.717, 1.165) is 34.4 Å². The molecule has 1 aromatic heterocycles. The lowest BCUT2D eigenvalue weighted by molar-refractivity contribution is 0.174. The Labute approximate surface area is 135 Å². The Kier molecular flexibility index (Phi) is 4.61. The van der Waals surface area contributed by atoms with Gasteiger partial charge in [0.25, 0.3) is 0 Å². The summed E-state index contributed by atoms with van der Waals surface area (Å²) in [6.07, 6.45) is 0. The number of ether oxygens (including phenoxy) is 2. The Morgan fingerprint density at radius 1 is 1.13 bits per heavy atom. The SMILES string of the molecule is CN=C(NCc1ccc2c(c1)OCO2)NCc1cccc(C)n1. The quantitative estimate of drug-likeness (QED) is 0.667. The maximum absolute atomic E-state index is 5.38. The van der Waals surface area contributed by atoms with Crippen LogP contribution in [0.4, 0.5) is 0 Å². The molecule has 2 heterocycles. The van der Waals surface area contributed by atoms with E-state index in [4.69, 9.17) is 9.47 Å². The van der Waals surface area contributed by atoms with Gasteiger partial charge in [-0.15, -0.1) is 0 Å². The normalized spacial score (nSPS) is 13.0. The zero-order valence-corrected chi connectivity index (χ0v) is 13.3. The van der Waals surface area contributed by atoms with Crippen molar-refractivity contribution in [3.63, 3.8) is 0 Å². The van der Waals surface area contributed by atoms with E-state index in [0.29, 0.717) is 19.9 Å². The fourth-order valence-corrected chi connectivity index (χ4v) is 2.33. The van der Waals surface area contributed by atoms with Gasteiger partial charge in [0.2, 0.25) is 6.79 Å². The second kappa shape index (κ2) is 7.00. The Morgan fingerprint density at radius 2 is 1.96 bits per heavy atom. The van der Waals surface area contributed by atoms with Gasteiger partial charge in [-0.3, -0.25) is 9.98 Å². The molecule has 6 heteroatoms. The molecule has 1 aromatic carbocycles. The topological polar surface area (TPSA) is 67.8 Å². The summed E-state index contributed by atoms with van der Waals surface area (Å²) in [4.78, 5) is 8.69. The molecule has 0 spiro atoms. The van der Waals surface area contributed by atoms with Crippen LogP contribution in [0.1, 0.15) is 17.0 Å². The first kappa shape index (κ1) is 15.1. The third kappa shape index (κ3) is 3.91. The second-order valence-electron chi connectivity index (χ2n) is 5.24. The number of aryl methyl sites for hydroxylation is 1. The van der Waals surface area contributed by atoms with Gasteiger partial charge in [-0.25, -0.2) is 0 Å². The van der Waals surface area contributed by atoms with Gasteiger partial charge in [-0.2, -0.15) is 0 Å². The Balaban J connectivity index is 1.53. The second-order valence-corrected chi connectivity index (χ2v) is 5.24. The molecule has 0 aliphatic carbocycles. The van der Waals surface area contributed by atoms with E-state index in [9.17, 15) is 0 Å². The van der Waals surface area contributed by atoms with Crippen LogP contribution in [-0.2, 0) is 13.1 Å². The lowest BCUT2D eigenvalue weighted by atomic mass is 10.2. The van der Waals surface area contributed by atoms with Gasteiger partial charge in [0.05, 0.1) is 12.2 Å². The highest BCUT2D eigenvalue weighted by molar-refractivity contribution is 5.79. The summed E-state index contributed by atoms with van der Waals surface area (Å²) in [6, 6.07) is 11.9. The summed E-state index contributed by atoms with van der Waals surface area (Å²) < 4.78 is 10.7. The van der Waals surface area contributed by atoms with Gasteiger partial charge in [0.1, 0.15) is 0 Å².